The standard InChI is InChI=1S/C13H20FNO2/c1-3-8-15-11(9-16-2)10-17-13-7-5-4-6-12(13)14/h4-7,11,15H,3,8-10H2,1-2H3. The fourth-order valence-corrected chi connectivity index (χ4v) is 1.47. The Morgan fingerprint density at radius 1 is 1.29 bits per heavy atom. The number of benzene rings is 1. The van der Waals surface area contributed by atoms with Crippen LogP contribution in [0.2, 0.25) is 0 Å². The Morgan fingerprint density at radius 2 is 2.06 bits per heavy atom. The number of hydrogen-bond acceptors (Lipinski definition) is 3. The largest absolute Gasteiger partial charge is 0.489 e. The van der Waals surface area contributed by atoms with Crippen LogP contribution in [0.4, 0.5) is 4.39 Å². The zero-order valence-electron chi connectivity index (χ0n) is 10.4. The Kier molecular flexibility index (Phi) is 6.58. The first-order chi connectivity index (χ1) is 8.27. The molecule has 96 valence electrons. The van der Waals surface area contributed by atoms with Gasteiger partial charge in [-0.3, -0.25) is 0 Å². The number of ether oxygens (including phenoxy) is 2. The third-order valence-corrected chi connectivity index (χ3v) is 2.33. The summed E-state index contributed by atoms with van der Waals surface area (Å²) >= 11 is 0. The molecule has 1 rings (SSSR count). The van der Waals surface area contributed by atoms with Gasteiger partial charge in [0.25, 0.3) is 0 Å². The fourth-order valence-electron chi connectivity index (χ4n) is 1.47. The zero-order valence-corrected chi connectivity index (χ0v) is 10.4. The summed E-state index contributed by atoms with van der Waals surface area (Å²) in [7, 11) is 1.64. The molecule has 0 saturated heterocycles. The van der Waals surface area contributed by atoms with Crippen LogP contribution in [0.5, 0.6) is 5.75 Å². The van der Waals surface area contributed by atoms with E-state index in [2.05, 4.69) is 12.2 Å². The molecule has 0 aliphatic carbocycles. The van der Waals surface area contributed by atoms with E-state index in [9.17, 15) is 4.39 Å². The summed E-state index contributed by atoms with van der Waals surface area (Å²) in [6.07, 6.45) is 1.04. The summed E-state index contributed by atoms with van der Waals surface area (Å²) in [5, 5.41) is 3.29. The number of nitrogens with one attached hydrogen (secondary N) is 1. The van der Waals surface area contributed by atoms with Crippen molar-refractivity contribution in [3.05, 3.63) is 30.1 Å². The van der Waals surface area contributed by atoms with E-state index in [0.717, 1.165) is 13.0 Å². The number of methoxy groups -OCH3 is 1. The van der Waals surface area contributed by atoms with Crippen molar-refractivity contribution in [1.82, 2.24) is 5.32 Å². The first-order valence-corrected chi connectivity index (χ1v) is 5.87. The molecule has 0 spiro atoms. The van der Waals surface area contributed by atoms with Crippen LogP contribution in [0, 0.1) is 5.82 Å². The third-order valence-electron chi connectivity index (χ3n) is 2.33. The van der Waals surface area contributed by atoms with E-state index in [1.54, 1.807) is 25.3 Å². The second-order valence-corrected chi connectivity index (χ2v) is 3.85. The van der Waals surface area contributed by atoms with Gasteiger partial charge in [0.15, 0.2) is 11.6 Å². The molecule has 0 saturated carbocycles. The van der Waals surface area contributed by atoms with Crippen LogP contribution in [0.3, 0.4) is 0 Å². The zero-order chi connectivity index (χ0) is 12.5. The molecule has 0 aliphatic rings. The van der Waals surface area contributed by atoms with Crippen LogP contribution >= 0.6 is 0 Å². The van der Waals surface area contributed by atoms with E-state index in [1.165, 1.54) is 6.07 Å². The lowest BCUT2D eigenvalue weighted by molar-refractivity contribution is 0.134. The molecule has 0 amide bonds. The molecule has 4 heteroatoms. The second kappa shape index (κ2) is 8.03. The molecule has 0 aromatic heterocycles. The highest BCUT2D eigenvalue weighted by Gasteiger charge is 2.09. The molecule has 0 radical (unpaired) electrons. The quantitative estimate of drug-likeness (QED) is 0.757. The molecular formula is C13H20FNO2. The SMILES string of the molecule is CCCNC(COC)COc1ccccc1F. The van der Waals surface area contributed by atoms with Crippen molar-refractivity contribution >= 4 is 0 Å². The predicted molar refractivity (Wildman–Crippen MR) is 65.9 cm³/mol. The fraction of sp³-hybridized carbons (Fsp3) is 0.538. The Labute approximate surface area is 102 Å². The van der Waals surface area contributed by atoms with Gasteiger partial charge in [0.05, 0.1) is 12.6 Å². The van der Waals surface area contributed by atoms with Crippen molar-refractivity contribution in [3.63, 3.8) is 0 Å². The van der Waals surface area contributed by atoms with Crippen molar-refractivity contribution in [2.75, 3.05) is 26.9 Å². The summed E-state index contributed by atoms with van der Waals surface area (Å²) in [6.45, 7) is 3.94. The third kappa shape index (κ3) is 5.15. The van der Waals surface area contributed by atoms with E-state index in [1.807, 2.05) is 0 Å². The lowest BCUT2D eigenvalue weighted by Gasteiger charge is -2.18. The maximum absolute atomic E-state index is 13.3. The average Bonchev–Trinajstić information content (AvgIpc) is 2.34. The number of hydrogen-bond donors (Lipinski definition) is 1. The highest BCUT2D eigenvalue weighted by atomic mass is 19.1. The lowest BCUT2D eigenvalue weighted by Crippen LogP contribution is -2.38. The topological polar surface area (TPSA) is 30.5 Å². The van der Waals surface area contributed by atoms with E-state index in [-0.39, 0.29) is 17.6 Å². The van der Waals surface area contributed by atoms with Crippen LogP contribution in [-0.4, -0.2) is 32.9 Å². The van der Waals surface area contributed by atoms with E-state index in [4.69, 9.17) is 9.47 Å². The van der Waals surface area contributed by atoms with E-state index >= 15 is 0 Å². The smallest absolute Gasteiger partial charge is 0.165 e. The highest BCUT2D eigenvalue weighted by Crippen LogP contribution is 2.15. The minimum Gasteiger partial charge on any atom is -0.489 e. The van der Waals surface area contributed by atoms with Gasteiger partial charge in [-0.25, -0.2) is 4.39 Å². The first kappa shape index (κ1) is 13.9. The van der Waals surface area contributed by atoms with Crippen molar-refractivity contribution in [2.45, 2.75) is 19.4 Å². The molecule has 0 aliphatic heterocycles. The van der Waals surface area contributed by atoms with Crippen molar-refractivity contribution in [2.24, 2.45) is 0 Å². The Balaban J connectivity index is 2.42. The Morgan fingerprint density at radius 3 is 2.71 bits per heavy atom. The van der Waals surface area contributed by atoms with Crippen LogP contribution < -0.4 is 10.1 Å². The molecule has 17 heavy (non-hydrogen) atoms. The molecule has 1 aromatic carbocycles. The summed E-state index contributed by atoms with van der Waals surface area (Å²) in [5.74, 6) is -0.0499. The van der Waals surface area contributed by atoms with Crippen LogP contribution in [0.25, 0.3) is 0 Å². The summed E-state index contributed by atoms with van der Waals surface area (Å²) < 4.78 is 23.8. The predicted octanol–water partition coefficient (Wildman–Crippen LogP) is 2.22. The molecule has 1 N–H and O–H groups in total. The van der Waals surface area contributed by atoms with Gasteiger partial charge in [-0.2, -0.15) is 0 Å². The molecule has 3 nitrogen and oxygen atoms in total. The van der Waals surface area contributed by atoms with Gasteiger partial charge in [-0.1, -0.05) is 19.1 Å². The first-order valence-electron chi connectivity index (χ1n) is 5.87. The van der Waals surface area contributed by atoms with E-state index in [0.29, 0.717) is 13.2 Å². The summed E-state index contributed by atoms with van der Waals surface area (Å²) in [4.78, 5) is 0. The van der Waals surface area contributed by atoms with Crippen LogP contribution in [0.1, 0.15) is 13.3 Å². The van der Waals surface area contributed by atoms with Gasteiger partial charge in [0.1, 0.15) is 6.61 Å². The van der Waals surface area contributed by atoms with Gasteiger partial charge < -0.3 is 14.8 Å². The number of para-hydroxylation sites is 1. The van der Waals surface area contributed by atoms with Crippen molar-refractivity contribution in [1.29, 1.82) is 0 Å². The lowest BCUT2D eigenvalue weighted by atomic mass is 10.3. The van der Waals surface area contributed by atoms with Gasteiger partial charge in [0, 0.05) is 7.11 Å². The van der Waals surface area contributed by atoms with Crippen LogP contribution in [0.15, 0.2) is 24.3 Å². The molecule has 0 bridgehead atoms. The van der Waals surface area contributed by atoms with Crippen molar-refractivity contribution < 1.29 is 13.9 Å². The normalized spacial score (nSPS) is 12.4. The summed E-state index contributed by atoms with van der Waals surface area (Å²) in [5.41, 5.74) is 0. The molecule has 1 unspecified atom stereocenters. The minimum absolute atomic E-state index is 0.0829. The monoisotopic (exact) mass is 241 g/mol. The molecule has 0 heterocycles. The Bertz CT molecular complexity index is 320. The average molecular weight is 241 g/mol. The Hall–Kier alpha value is -1.13. The highest BCUT2D eigenvalue weighted by molar-refractivity contribution is 5.23. The van der Waals surface area contributed by atoms with Gasteiger partial charge in [-0.15, -0.1) is 0 Å². The molecule has 1 aromatic rings. The maximum Gasteiger partial charge on any atom is 0.165 e. The molecule has 1 atom stereocenters. The molecule has 0 fully saturated rings. The van der Waals surface area contributed by atoms with E-state index < -0.39 is 0 Å². The van der Waals surface area contributed by atoms with Gasteiger partial charge in [0.2, 0.25) is 0 Å². The minimum atomic E-state index is -0.334. The van der Waals surface area contributed by atoms with Gasteiger partial charge in [-0.05, 0) is 25.1 Å². The number of rotatable bonds is 8. The van der Waals surface area contributed by atoms with Crippen LogP contribution in [-0.2, 0) is 4.74 Å². The number of halogens is 1. The van der Waals surface area contributed by atoms with Crippen molar-refractivity contribution in [3.8, 4) is 5.75 Å². The molecular weight excluding hydrogens is 221 g/mol. The second-order valence-electron chi connectivity index (χ2n) is 3.85. The van der Waals surface area contributed by atoms with Gasteiger partial charge >= 0.3 is 0 Å². The maximum atomic E-state index is 13.3. The summed E-state index contributed by atoms with van der Waals surface area (Å²) in [6, 6.07) is 6.49.